The molecule has 1 aromatic heterocycles. The Labute approximate surface area is 181 Å². The van der Waals surface area contributed by atoms with Crippen LogP contribution >= 0.6 is 0 Å². The van der Waals surface area contributed by atoms with Crippen LogP contribution in [0.3, 0.4) is 0 Å². The fourth-order valence-electron chi connectivity index (χ4n) is 4.71. The first-order chi connectivity index (χ1) is 15.1. The lowest BCUT2D eigenvalue weighted by atomic mass is 9.86. The van der Waals surface area contributed by atoms with Gasteiger partial charge in [0.1, 0.15) is 5.75 Å². The summed E-state index contributed by atoms with van der Waals surface area (Å²) < 4.78 is 11.3. The summed E-state index contributed by atoms with van der Waals surface area (Å²) in [5.74, 6) is 0.718. The molecule has 1 aliphatic rings. The van der Waals surface area contributed by atoms with E-state index >= 15 is 0 Å². The molecule has 0 aliphatic carbocycles. The Balaban J connectivity index is 1.86. The number of aromatic nitrogens is 1. The highest BCUT2D eigenvalue weighted by Gasteiger charge is 2.22. The maximum Gasteiger partial charge on any atom is 0.310 e. The third-order valence-electron chi connectivity index (χ3n) is 6.08. The molecular formula is C27H25NO3. The van der Waals surface area contributed by atoms with Gasteiger partial charge in [0.05, 0.1) is 25.2 Å². The predicted molar refractivity (Wildman–Crippen MR) is 124 cm³/mol. The lowest BCUT2D eigenvalue weighted by Gasteiger charge is -2.22. The van der Waals surface area contributed by atoms with E-state index in [-0.39, 0.29) is 12.4 Å². The molecule has 2 heterocycles. The van der Waals surface area contributed by atoms with E-state index in [4.69, 9.17) is 14.5 Å². The van der Waals surface area contributed by atoms with Gasteiger partial charge in [-0.1, -0.05) is 30.3 Å². The van der Waals surface area contributed by atoms with E-state index in [1.54, 1.807) is 0 Å². The fourth-order valence-corrected chi connectivity index (χ4v) is 4.71. The summed E-state index contributed by atoms with van der Waals surface area (Å²) in [5.41, 5.74) is 7.42. The maximum absolute atomic E-state index is 12.5. The first kappa shape index (κ1) is 19.6. The average molecular weight is 412 g/mol. The summed E-state index contributed by atoms with van der Waals surface area (Å²) in [6.45, 7) is 6.97. The predicted octanol–water partition coefficient (Wildman–Crippen LogP) is 5.71. The number of rotatable bonds is 4. The number of carbonyl (C=O) groups excluding carboxylic acids is 1. The molecule has 156 valence electrons. The van der Waals surface area contributed by atoms with E-state index in [0.29, 0.717) is 13.2 Å². The first-order valence-electron chi connectivity index (χ1n) is 10.8. The van der Waals surface area contributed by atoms with Crippen LogP contribution in [0.15, 0.2) is 48.5 Å². The van der Waals surface area contributed by atoms with Crippen molar-refractivity contribution < 1.29 is 14.3 Å². The third-order valence-corrected chi connectivity index (χ3v) is 6.08. The van der Waals surface area contributed by atoms with Crippen molar-refractivity contribution in [2.24, 2.45) is 0 Å². The lowest BCUT2D eigenvalue weighted by molar-refractivity contribution is -0.142. The van der Waals surface area contributed by atoms with E-state index in [2.05, 4.69) is 49.4 Å². The van der Waals surface area contributed by atoms with Crippen LogP contribution in [0.4, 0.5) is 0 Å². The van der Waals surface area contributed by atoms with Crippen LogP contribution in [0.5, 0.6) is 5.75 Å². The Hall–Kier alpha value is -3.40. The first-order valence-corrected chi connectivity index (χ1v) is 10.8. The summed E-state index contributed by atoms with van der Waals surface area (Å²) in [7, 11) is 0. The molecule has 1 aliphatic heterocycles. The van der Waals surface area contributed by atoms with Crippen LogP contribution in [0.2, 0.25) is 0 Å². The second kappa shape index (κ2) is 7.69. The number of esters is 1. The highest BCUT2D eigenvalue weighted by molar-refractivity contribution is 6.09. The number of aryl methyl sites for hydroxylation is 2. The minimum atomic E-state index is -0.211. The average Bonchev–Trinajstić information content (AvgIpc) is 2.76. The third kappa shape index (κ3) is 3.32. The highest BCUT2D eigenvalue weighted by Crippen LogP contribution is 2.43. The summed E-state index contributed by atoms with van der Waals surface area (Å²) in [6.07, 6.45) is 1.14. The van der Waals surface area contributed by atoms with Crippen molar-refractivity contribution in [1.82, 2.24) is 4.98 Å². The molecular weight excluding hydrogens is 386 g/mol. The van der Waals surface area contributed by atoms with Crippen LogP contribution in [-0.2, 0) is 22.4 Å². The van der Waals surface area contributed by atoms with Crippen molar-refractivity contribution in [3.63, 3.8) is 0 Å². The molecule has 4 aromatic rings. The molecule has 31 heavy (non-hydrogen) atoms. The van der Waals surface area contributed by atoms with E-state index in [1.165, 1.54) is 10.9 Å². The van der Waals surface area contributed by atoms with E-state index in [0.717, 1.165) is 56.4 Å². The zero-order valence-electron chi connectivity index (χ0n) is 18.1. The molecule has 4 nitrogen and oxygen atoms in total. The molecule has 3 aromatic carbocycles. The van der Waals surface area contributed by atoms with Crippen molar-refractivity contribution in [2.75, 3.05) is 13.2 Å². The maximum atomic E-state index is 12.5. The van der Waals surface area contributed by atoms with Gasteiger partial charge in [0.2, 0.25) is 0 Å². The standard InChI is InChI=1S/C27H25NO3/c1-4-30-25(29)15-22-16(2)14-23-21(9-8-17(3)28-23)27(22)20-10-11-24-26-18(12-13-31-24)6-5-7-19(20)26/h5-11,14H,4,12-13,15H2,1-3H3. The van der Waals surface area contributed by atoms with E-state index in [1.807, 2.05) is 19.9 Å². The van der Waals surface area contributed by atoms with Crippen molar-refractivity contribution >= 4 is 27.6 Å². The minimum Gasteiger partial charge on any atom is -0.493 e. The second-order valence-electron chi connectivity index (χ2n) is 8.10. The summed E-state index contributed by atoms with van der Waals surface area (Å²) in [5, 5.41) is 3.36. The van der Waals surface area contributed by atoms with Gasteiger partial charge in [-0.2, -0.15) is 0 Å². The number of hydrogen-bond acceptors (Lipinski definition) is 4. The van der Waals surface area contributed by atoms with Crippen LogP contribution in [0, 0.1) is 13.8 Å². The number of benzene rings is 3. The quantitative estimate of drug-likeness (QED) is 0.404. The van der Waals surface area contributed by atoms with E-state index < -0.39 is 0 Å². The van der Waals surface area contributed by atoms with Crippen LogP contribution in [0.25, 0.3) is 32.8 Å². The Kier molecular flexibility index (Phi) is 4.85. The zero-order valence-corrected chi connectivity index (χ0v) is 18.1. The summed E-state index contributed by atoms with van der Waals surface area (Å²) >= 11 is 0. The molecule has 4 heteroatoms. The number of hydrogen-bond donors (Lipinski definition) is 0. The fraction of sp³-hybridized carbons (Fsp3) is 0.259. The van der Waals surface area contributed by atoms with Gasteiger partial charge in [0, 0.05) is 22.9 Å². The molecule has 0 N–H and O–H groups in total. The number of ether oxygens (including phenoxy) is 2. The normalized spacial score (nSPS) is 12.7. The Morgan fingerprint density at radius 1 is 1.10 bits per heavy atom. The number of pyridine rings is 1. The zero-order chi connectivity index (χ0) is 21.5. The number of fused-ring (bicyclic) bond motifs is 1. The SMILES string of the molecule is CCOC(=O)Cc1c(C)cc2nc(C)ccc2c1-c1ccc2c3c(cccc13)CCO2. The largest absolute Gasteiger partial charge is 0.493 e. The van der Waals surface area contributed by atoms with Gasteiger partial charge in [0.15, 0.2) is 0 Å². The monoisotopic (exact) mass is 411 g/mol. The molecule has 0 bridgehead atoms. The Morgan fingerprint density at radius 3 is 2.81 bits per heavy atom. The van der Waals surface area contributed by atoms with Gasteiger partial charge in [-0.25, -0.2) is 0 Å². The second-order valence-corrected chi connectivity index (χ2v) is 8.10. The smallest absolute Gasteiger partial charge is 0.310 e. The molecule has 0 fully saturated rings. The summed E-state index contributed by atoms with van der Waals surface area (Å²) in [6, 6.07) is 16.8. The topological polar surface area (TPSA) is 48.4 Å². The van der Waals surface area contributed by atoms with Crippen LogP contribution < -0.4 is 4.74 Å². The number of nitrogens with zero attached hydrogens (tertiary/aromatic N) is 1. The van der Waals surface area contributed by atoms with Gasteiger partial charge in [-0.15, -0.1) is 0 Å². The van der Waals surface area contributed by atoms with Crippen LogP contribution in [0.1, 0.15) is 29.3 Å². The Morgan fingerprint density at radius 2 is 1.97 bits per heavy atom. The molecule has 0 saturated carbocycles. The minimum absolute atomic E-state index is 0.211. The molecule has 0 atom stereocenters. The van der Waals surface area contributed by atoms with Crippen molar-refractivity contribution in [3.8, 4) is 16.9 Å². The van der Waals surface area contributed by atoms with Crippen LogP contribution in [-0.4, -0.2) is 24.2 Å². The highest BCUT2D eigenvalue weighted by atomic mass is 16.5. The van der Waals surface area contributed by atoms with Crippen molar-refractivity contribution in [2.45, 2.75) is 33.6 Å². The van der Waals surface area contributed by atoms with Gasteiger partial charge in [-0.05, 0) is 72.2 Å². The molecule has 0 spiro atoms. The van der Waals surface area contributed by atoms with Gasteiger partial charge >= 0.3 is 5.97 Å². The molecule has 5 rings (SSSR count). The van der Waals surface area contributed by atoms with Gasteiger partial charge < -0.3 is 9.47 Å². The molecule has 0 saturated heterocycles. The molecule has 0 amide bonds. The lowest BCUT2D eigenvalue weighted by Crippen LogP contribution is -2.11. The summed E-state index contributed by atoms with van der Waals surface area (Å²) in [4.78, 5) is 17.3. The number of carbonyl (C=O) groups is 1. The van der Waals surface area contributed by atoms with E-state index in [9.17, 15) is 4.79 Å². The molecule has 0 unspecified atom stereocenters. The van der Waals surface area contributed by atoms with Gasteiger partial charge in [0.25, 0.3) is 0 Å². The molecule has 0 radical (unpaired) electrons. The van der Waals surface area contributed by atoms with Crippen molar-refractivity contribution in [1.29, 1.82) is 0 Å². The Bertz CT molecular complexity index is 1330. The van der Waals surface area contributed by atoms with Gasteiger partial charge in [-0.3, -0.25) is 9.78 Å². The van der Waals surface area contributed by atoms with Crippen molar-refractivity contribution in [3.05, 3.63) is 70.9 Å².